The zero-order valence-electron chi connectivity index (χ0n) is 18.7. The molecular weight excluding hydrogens is 374 g/mol. The van der Waals surface area contributed by atoms with Gasteiger partial charge in [-0.25, -0.2) is 0 Å². The van der Waals surface area contributed by atoms with Crippen molar-refractivity contribution in [2.24, 2.45) is 0 Å². The van der Waals surface area contributed by atoms with Gasteiger partial charge in [0.05, 0.1) is 17.2 Å². The van der Waals surface area contributed by atoms with Crippen LogP contribution in [0.4, 0.5) is 0 Å². The quantitative estimate of drug-likeness (QED) is 0.425. The molecule has 156 valence electrons. The maximum absolute atomic E-state index is 11.6. The largest absolute Gasteiger partial charge is 0.338 e. The molecule has 0 bridgehead atoms. The molecule has 0 spiro atoms. The van der Waals surface area contributed by atoms with Gasteiger partial charge in [-0.1, -0.05) is 32.4 Å². The van der Waals surface area contributed by atoms with Gasteiger partial charge in [0.25, 0.3) is 11.8 Å². The first-order chi connectivity index (χ1) is 14.3. The highest BCUT2D eigenvalue weighted by Gasteiger charge is 2.27. The van der Waals surface area contributed by atoms with Crippen LogP contribution in [0.1, 0.15) is 49.2 Å². The normalized spacial score (nSPS) is 14.6. The predicted molar refractivity (Wildman–Crippen MR) is 120 cm³/mol. The van der Waals surface area contributed by atoms with Crippen LogP contribution in [0.15, 0.2) is 53.6 Å². The molecule has 0 radical (unpaired) electrons. The lowest BCUT2D eigenvalue weighted by Crippen LogP contribution is -2.22. The number of rotatable bonds is 2. The number of amides is 2. The van der Waals surface area contributed by atoms with Gasteiger partial charge in [-0.05, 0) is 49.3 Å². The van der Waals surface area contributed by atoms with Crippen LogP contribution in [0, 0.1) is 23.2 Å². The van der Waals surface area contributed by atoms with Crippen LogP contribution < -0.4 is 0 Å². The van der Waals surface area contributed by atoms with Crippen LogP contribution >= 0.6 is 0 Å². The average molecular weight is 404 g/mol. The maximum atomic E-state index is 11.6. The molecule has 1 aromatic rings. The first-order valence-electron chi connectivity index (χ1n) is 9.83. The predicted octanol–water partition coefficient (Wildman–Crippen LogP) is 4.08. The number of carbonyl (C=O) groups is 2. The molecule has 2 heterocycles. The molecule has 0 aliphatic carbocycles. The van der Waals surface area contributed by atoms with Gasteiger partial charge in [0.1, 0.15) is 0 Å². The molecule has 0 aromatic heterocycles. The lowest BCUT2D eigenvalue weighted by molar-refractivity contribution is -0.124. The van der Waals surface area contributed by atoms with E-state index < -0.39 is 0 Å². The van der Waals surface area contributed by atoms with Gasteiger partial charge in [0, 0.05) is 38.3 Å². The van der Waals surface area contributed by atoms with Crippen molar-refractivity contribution in [3.05, 3.63) is 70.3 Å². The van der Waals surface area contributed by atoms with Gasteiger partial charge in [0.15, 0.2) is 0 Å². The Hall–Kier alpha value is -3.57. The van der Waals surface area contributed by atoms with Crippen molar-refractivity contribution in [3.63, 3.8) is 0 Å². The topological polar surface area (TPSA) is 64.4 Å². The fraction of sp³-hybridized carbons (Fsp3) is 0.320. The zero-order valence-corrected chi connectivity index (χ0v) is 18.7. The Kier molecular flexibility index (Phi) is 9.33. The third-order valence-corrected chi connectivity index (χ3v) is 4.50. The SMILES string of the molecule is C=C/C=C(/C#N)C1=C(C)CN(C)C1=O.CC.CC#Cc1ccc2c(c1)CN(C)C2=O. The lowest BCUT2D eigenvalue weighted by Gasteiger charge is -2.07. The summed E-state index contributed by atoms with van der Waals surface area (Å²) >= 11 is 0. The molecule has 0 fully saturated rings. The molecule has 0 saturated carbocycles. The third-order valence-electron chi connectivity index (χ3n) is 4.50. The van der Waals surface area contributed by atoms with E-state index >= 15 is 0 Å². The number of carbonyl (C=O) groups excluding carboxylic acids is 2. The Morgan fingerprint density at radius 3 is 2.27 bits per heavy atom. The first kappa shape index (κ1) is 24.5. The maximum Gasteiger partial charge on any atom is 0.255 e. The van der Waals surface area contributed by atoms with Gasteiger partial charge >= 0.3 is 0 Å². The number of benzene rings is 1. The van der Waals surface area contributed by atoms with Crippen molar-refractivity contribution in [2.45, 2.75) is 34.2 Å². The zero-order chi connectivity index (χ0) is 22.8. The van der Waals surface area contributed by atoms with Crippen molar-refractivity contribution >= 4 is 11.8 Å². The van der Waals surface area contributed by atoms with Gasteiger partial charge in [0.2, 0.25) is 0 Å². The number of likely N-dealkylation sites (N-methyl/N-ethyl adjacent to an activating group) is 1. The van der Waals surface area contributed by atoms with Gasteiger partial charge in [-0.2, -0.15) is 5.26 Å². The first-order valence-corrected chi connectivity index (χ1v) is 9.83. The van der Waals surface area contributed by atoms with Crippen molar-refractivity contribution in [1.29, 1.82) is 5.26 Å². The number of hydrogen-bond donors (Lipinski definition) is 0. The minimum Gasteiger partial charge on any atom is -0.338 e. The van der Waals surface area contributed by atoms with Crippen LogP contribution in [0.3, 0.4) is 0 Å². The summed E-state index contributed by atoms with van der Waals surface area (Å²) in [6.07, 6.45) is 3.08. The molecule has 1 aromatic carbocycles. The number of hydrogen-bond acceptors (Lipinski definition) is 3. The van der Waals surface area contributed by atoms with Gasteiger partial charge < -0.3 is 9.80 Å². The van der Waals surface area contributed by atoms with Crippen molar-refractivity contribution < 1.29 is 9.59 Å². The van der Waals surface area contributed by atoms with Crippen LogP contribution in [-0.2, 0) is 11.3 Å². The van der Waals surface area contributed by atoms with E-state index in [1.807, 2.05) is 59.0 Å². The van der Waals surface area contributed by atoms with E-state index in [4.69, 9.17) is 5.26 Å². The fourth-order valence-corrected chi connectivity index (χ4v) is 3.21. The van der Waals surface area contributed by atoms with E-state index in [0.717, 1.165) is 22.3 Å². The van der Waals surface area contributed by atoms with Crippen LogP contribution in [0.5, 0.6) is 0 Å². The summed E-state index contributed by atoms with van der Waals surface area (Å²) in [4.78, 5) is 26.5. The highest BCUT2D eigenvalue weighted by atomic mass is 16.2. The molecule has 30 heavy (non-hydrogen) atoms. The monoisotopic (exact) mass is 403 g/mol. The van der Waals surface area contributed by atoms with E-state index in [1.54, 1.807) is 22.9 Å². The molecule has 5 nitrogen and oxygen atoms in total. The van der Waals surface area contributed by atoms with Gasteiger partial charge in [-0.15, -0.1) is 5.92 Å². The minimum absolute atomic E-state index is 0.0860. The molecule has 0 unspecified atom stereocenters. The average Bonchev–Trinajstić information content (AvgIpc) is 3.16. The van der Waals surface area contributed by atoms with E-state index in [-0.39, 0.29) is 11.8 Å². The van der Waals surface area contributed by atoms with E-state index in [9.17, 15) is 9.59 Å². The summed E-state index contributed by atoms with van der Waals surface area (Å²) in [5.41, 5.74) is 4.73. The third kappa shape index (κ3) is 5.49. The highest BCUT2D eigenvalue weighted by Crippen LogP contribution is 2.24. The van der Waals surface area contributed by atoms with E-state index in [2.05, 4.69) is 18.4 Å². The summed E-state index contributed by atoms with van der Waals surface area (Å²) in [6, 6.07) is 7.76. The van der Waals surface area contributed by atoms with Crippen molar-refractivity contribution in [2.75, 3.05) is 20.6 Å². The standard InChI is InChI=1S/C12H11NO.C11H12N2O.C2H6/c1-3-4-9-5-6-11-10(7-9)8-13(2)12(11)14;1-4-5-9(6-12)10-8(2)7-13(3)11(10)14;1-2/h5-7H,8H2,1-2H3;4-5H,1,7H2,2-3H3;1-2H3/b;9-5-;. The van der Waals surface area contributed by atoms with Crippen molar-refractivity contribution in [3.8, 4) is 17.9 Å². The van der Waals surface area contributed by atoms with Crippen LogP contribution in [-0.4, -0.2) is 42.3 Å². The molecular formula is C25H29N3O2. The number of allylic oxidation sites excluding steroid dienone is 2. The number of nitrogens with zero attached hydrogens (tertiary/aromatic N) is 3. The molecule has 0 atom stereocenters. The molecule has 5 heteroatoms. The molecule has 2 aliphatic heterocycles. The number of fused-ring (bicyclic) bond motifs is 1. The second kappa shape index (κ2) is 11.4. The Labute approximate surface area is 180 Å². The summed E-state index contributed by atoms with van der Waals surface area (Å²) in [5, 5.41) is 8.87. The Bertz CT molecular complexity index is 997. The molecule has 3 rings (SSSR count). The minimum atomic E-state index is -0.0860. The molecule has 2 amide bonds. The van der Waals surface area contributed by atoms with Crippen LogP contribution in [0.25, 0.3) is 0 Å². The molecule has 2 aliphatic rings. The molecule has 0 N–H and O–H groups in total. The number of nitriles is 1. The second-order valence-electron chi connectivity index (χ2n) is 6.65. The molecule has 0 saturated heterocycles. The smallest absolute Gasteiger partial charge is 0.255 e. The second-order valence-corrected chi connectivity index (χ2v) is 6.65. The lowest BCUT2D eigenvalue weighted by atomic mass is 10.0. The summed E-state index contributed by atoms with van der Waals surface area (Å²) in [6.45, 7) is 12.5. The Balaban J connectivity index is 0.000000277. The van der Waals surface area contributed by atoms with E-state index in [0.29, 0.717) is 24.2 Å². The Morgan fingerprint density at radius 1 is 1.13 bits per heavy atom. The van der Waals surface area contributed by atoms with Crippen molar-refractivity contribution in [1.82, 2.24) is 9.80 Å². The van der Waals surface area contributed by atoms with E-state index in [1.165, 1.54) is 6.08 Å². The fourth-order valence-electron chi connectivity index (χ4n) is 3.21. The highest BCUT2D eigenvalue weighted by molar-refractivity contribution is 6.02. The Morgan fingerprint density at radius 2 is 1.77 bits per heavy atom. The summed E-state index contributed by atoms with van der Waals surface area (Å²) in [5.74, 6) is 5.86. The summed E-state index contributed by atoms with van der Waals surface area (Å²) in [7, 11) is 3.54. The van der Waals surface area contributed by atoms with Gasteiger partial charge in [-0.3, -0.25) is 9.59 Å². The summed E-state index contributed by atoms with van der Waals surface area (Å²) < 4.78 is 0. The van der Waals surface area contributed by atoms with Crippen LogP contribution in [0.2, 0.25) is 0 Å².